The van der Waals surface area contributed by atoms with Crippen LogP contribution in [-0.4, -0.2) is 72.9 Å². The summed E-state index contributed by atoms with van der Waals surface area (Å²) in [5, 5.41) is 12.5. The molecule has 0 saturated carbocycles. The molecule has 188 valence electrons. The fraction of sp³-hybridized carbons (Fsp3) is 0.577. The van der Waals surface area contributed by atoms with Crippen molar-refractivity contribution in [3.63, 3.8) is 0 Å². The van der Waals surface area contributed by atoms with Gasteiger partial charge in [0, 0.05) is 30.6 Å². The number of aliphatic hydroxyl groups excluding tert-OH is 1. The van der Waals surface area contributed by atoms with Crippen molar-refractivity contribution in [2.75, 3.05) is 46.0 Å². The van der Waals surface area contributed by atoms with Crippen LogP contribution >= 0.6 is 11.3 Å². The molecule has 0 saturated heterocycles. The maximum atomic E-state index is 13.6. The summed E-state index contributed by atoms with van der Waals surface area (Å²) < 4.78 is 25.1. The summed E-state index contributed by atoms with van der Waals surface area (Å²) >= 11 is 1.70. The Hall–Kier alpha value is -2.00. The first-order chi connectivity index (χ1) is 16.4. The molecule has 2 aromatic rings. The highest BCUT2D eigenvalue weighted by Gasteiger charge is 2.33. The van der Waals surface area contributed by atoms with Gasteiger partial charge in [-0.25, -0.2) is 4.39 Å². The Bertz CT molecular complexity index is 906. The fourth-order valence-electron chi connectivity index (χ4n) is 4.23. The first kappa shape index (κ1) is 26.6. The van der Waals surface area contributed by atoms with Crippen LogP contribution in [0, 0.1) is 11.7 Å². The minimum atomic E-state index is -0.643. The van der Waals surface area contributed by atoms with Crippen LogP contribution in [0.15, 0.2) is 35.7 Å². The van der Waals surface area contributed by atoms with Crippen LogP contribution in [0.1, 0.15) is 43.7 Å². The van der Waals surface area contributed by atoms with Gasteiger partial charge in [-0.05, 0) is 54.4 Å². The average molecular weight is 493 g/mol. The van der Waals surface area contributed by atoms with Gasteiger partial charge in [-0.1, -0.05) is 26.8 Å². The Labute approximate surface area is 206 Å². The van der Waals surface area contributed by atoms with E-state index in [9.17, 15) is 14.3 Å². The van der Waals surface area contributed by atoms with E-state index in [1.165, 1.54) is 17.0 Å². The number of fused-ring (bicyclic) bond motifs is 1. The molecule has 0 aliphatic carbocycles. The third kappa shape index (κ3) is 7.77. The maximum Gasteiger partial charge on any atom is 0.237 e. The van der Waals surface area contributed by atoms with Gasteiger partial charge >= 0.3 is 0 Å². The summed E-state index contributed by atoms with van der Waals surface area (Å²) in [6.45, 7) is 9.28. The number of ether oxygens (including phenoxy) is 2. The van der Waals surface area contributed by atoms with E-state index < -0.39 is 6.10 Å². The number of nitrogens with zero attached hydrogens (tertiary/aromatic N) is 2. The van der Waals surface area contributed by atoms with Crippen LogP contribution in [-0.2, 0) is 16.0 Å². The fourth-order valence-corrected chi connectivity index (χ4v) is 5.16. The summed E-state index contributed by atoms with van der Waals surface area (Å²) in [5.74, 6) is 0.518. The summed E-state index contributed by atoms with van der Waals surface area (Å²) in [5.41, 5.74) is 1.10. The summed E-state index contributed by atoms with van der Waals surface area (Å²) in [6.07, 6.45) is 1.05. The van der Waals surface area contributed by atoms with Crippen molar-refractivity contribution in [3.8, 4) is 5.75 Å². The zero-order chi connectivity index (χ0) is 24.5. The van der Waals surface area contributed by atoms with Crippen LogP contribution in [0.3, 0.4) is 0 Å². The normalized spacial score (nSPS) is 16.7. The van der Waals surface area contributed by atoms with E-state index in [2.05, 4.69) is 26.8 Å². The quantitative estimate of drug-likeness (QED) is 0.455. The number of carbonyl (C=O) groups excluding carboxylic acids is 1. The Kier molecular flexibility index (Phi) is 10.3. The van der Waals surface area contributed by atoms with Gasteiger partial charge in [0.1, 0.15) is 18.2 Å². The van der Waals surface area contributed by atoms with Crippen molar-refractivity contribution in [2.24, 2.45) is 5.92 Å². The molecule has 0 spiro atoms. The van der Waals surface area contributed by atoms with Crippen molar-refractivity contribution in [3.05, 3.63) is 52.0 Å². The number of rotatable bonds is 13. The lowest BCUT2D eigenvalue weighted by Gasteiger charge is -2.37. The summed E-state index contributed by atoms with van der Waals surface area (Å²) in [4.78, 5) is 18.6. The van der Waals surface area contributed by atoms with E-state index in [0.29, 0.717) is 31.4 Å². The molecule has 0 fully saturated rings. The predicted molar refractivity (Wildman–Crippen MR) is 133 cm³/mol. The molecule has 2 atom stereocenters. The van der Waals surface area contributed by atoms with E-state index in [-0.39, 0.29) is 37.5 Å². The zero-order valence-corrected chi connectivity index (χ0v) is 21.2. The summed E-state index contributed by atoms with van der Waals surface area (Å²) in [6, 6.07) is 7.90. The molecule has 0 unspecified atom stereocenters. The van der Waals surface area contributed by atoms with Crippen LogP contribution in [0.5, 0.6) is 5.75 Å². The first-order valence-electron chi connectivity index (χ1n) is 12.1. The topological polar surface area (TPSA) is 62.2 Å². The average Bonchev–Trinajstić information content (AvgIpc) is 3.26. The second-order valence-corrected chi connectivity index (χ2v) is 10.2. The monoisotopic (exact) mass is 492 g/mol. The Balaban J connectivity index is 1.65. The molecule has 0 bridgehead atoms. The van der Waals surface area contributed by atoms with E-state index >= 15 is 0 Å². The predicted octanol–water partition coefficient (Wildman–Crippen LogP) is 4.14. The van der Waals surface area contributed by atoms with Gasteiger partial charge in [0.25, 0.3) is 0 Å². The lowest BCUT2D eigenvalue weighted by molar-refractivity contribution is -0.136. The third-order valence-corrected chi connectivity index (χ3v) is 6.74. The second-order valence-electron chi connectivity index (χ2n) is 9.24. The number of aliphatic hydroxyl groups is 1. The molecule has 1 amide bonds. The molecular formula is C26H37FN2O4S. The van der Waals surface area contributed by atoms with Crippen LogP contribution < -0.4 is 4.74 Å². The minimum absolute atomic E-state index is 0.00782. The standard InChI is InChI=1S/C26H37FN2O4S/c1-4-10-28(14-21(30)17-32-16-19(2)3)15-26(31)29-11-8-25-23(9-12-34-25)24(29)18-33-22-7-5-6-20(27)13-22/h5-7,9,12-13,19,21,24,30H,4,8,10-11,14-18H2,1-3H3/t21-,24+/m1/s1. The minimum Gasteiger partial charge on any atom is -0.491 e. The van der Waals surface area contributed by atoms with E-state index in [1.807, 2.05) is 15.2 Å². The van der Waals surface area contributed by atoms with Crippen molar-refractivity contribution >= 4 is 17.2 Å². The Morgan fingerprint density at radius 3 is 2.88 bits per heavy atom. The lowest BCUT2D eigenvalue weighted by Crippen LogP contribution is -2.48. The molecular weight excluding hydrogens is 455 g/mol. The van der Waals surface area contributed by atoms with Crippen molar-refractivity contribution in [1.29, 1.82) is 0 Å². The van der Waals surface area contributed by atoms with Gasteiger partial charge in [0.15, 0.2) is 0 Å². The highest BCUT2D eigenvalue weighted by molar-refractivity contribution is 7.10. The maximum absolute atomic E-state index is 13.6. The third-order valence-electron chi connectivity index (χ3n) is 5.75. The van der Waals surface area contributed by atoms with Gasteiger partial charge in [0.2, 0.25) is 5.91 Å². The van der Waals surface area contributed by atoms with Crippen molar-refractivity contribution in [1.82, 2.24) is 9.80 Å². The van der Waals surface area contributed by atoms with Crippen LogP contribution in [0.2, 0.25) is 0 Å². The number of benzene rings is 1. The number of halogens is 1. The number of carbonyl (C=O) groups is 1. The van der Waals surface area contributed by atoms with E-state index in [1.54, 1.807) is 23.5 Å². The molecule has 1 aliphatic heterocycles. The van der Waals surface area contributed by atoms with Crippen molar-refractivity contribution < 1.29 is 23.8 Å². The number of amides is 1. The molecule has 34 heavy (non-hydrogen) atoms. The molecule has 1 aromatic heterocycles. The largest absolute Gasteiger partial charge is 0.491 e. The highest BCUT2D eigenvalue weighted by atomic mass is 32.1. The highest BCUT2D eigenvalue weighted by Crippen LogP contribution is 2.34. The van der Waals surface area contributed by atoms with Crippen LogP contribution in [0.25, 0.3) is 0 Å². The molecule has 0 radical (unpaired) electrons. The Morgan fingerprint density at radius 2 is 2.15 bits per heavy atom. The summed E-state index contributed by atoms with van der Waals surface area (Å²) in [7, 11) is 0. The number of thiophene rings is 1. The van der Waals surface area contributed by atoms with E-state index in [4.69, 9.17) is 9.47 Å². The molecule has 3 rings (SSSR count). The van der Waals surface area contributed by atoms with Crippen LogP contribution in [0.4, 0.5) is 4.39 Å². The van der Waals surface area contributed by atoms with E-state index in [0.717, 1.165) is 24.9 Å². The zero-order valence-electron chi connectivity index (χ0n) is 20.4. The SMILES string of the molecule is CCCN(CC(=O)N1CCc2sccc2[C@@H]1COc1cccc(F)c1)C[C@@H](O)COCC(C)C. The molecule has 1 aliphatic rings. The molecule has 6 nitrogen and oxygen atoms in total. The van der Waals surface area contributed by atoms with Crippen molar-refractivity contribution in [2.45, 2.75) is 45.8 Å². The first-order valence-corrected chi connectivity index (χ1v) is 13.0. The van der Waals surface area contributed by atoms with Gasteiger partial charge in [-0.2, -0.15) is 0 Å². The number of hydrogen-bond acceptors (Lipinski definition) is 6. The van der Waals surface area contributed by atoms with Gasteiger partial charge in [0.05, 0.1) is 25.3 Å². The van der Waals surface area contributed by atoms with Gasteiger partial charge in [-0.3, -0.25) is 9.69 Å². The molecule has 2 heterocycles. The Morgan fingerprint density at radius 1 is 1.32 bits per heavy atom. The number of hydrogen-bond donors (Lipinski definition) is 1. The van der Waals surface area contributed by atoms with Gasteiger partial charge in [-0.15, -0.1) is 11.3 Å². The lowest BCUT2D eigenvalue weighted by atomic mass is 10.0. The molecule has 1 aromatic carbocycles. The molecule has 8 heteroatoms. The van der Waals surface area contributed by atoms with Gasteiger partial charge < -0.3 is 19.5 Å². The second kappa shape index (κ2) is 13.2. The smallest absolute Gasteiger partial charge is 0.237 e. The molecule has 1 N–H and O–H groups in total.